The van der Waals surface area contributed by atoms with E-state index in [1.807, 2.05) is 6.07 Å². The SMILES string of the molecule is Clc1cc(Br)cc(-c2nnc3ccc(Cl)nn23)c1. The highest BCUT2D eigenvalue weighted by molar-refractivity contribution is 9.10. The van der Waals surface area contributed by atoms with Crippen LogP contribution >= 0.6 is 39.1 Å². The van der Waals surface area contributed by atoms with Crippen molar-refractivity contribution in [2.24, 2.45) is 0 Å². The van der Waals surface area contributed by atoms with E-state index in [0.29, 0.717) is 21.6 Å². The van der Waals surface area contributed by atoms with Crippen LogP contribution in [0, 0.1) is 0 Å². The highest BCUT2D eigenvalue weighted by atomic mass is 79.9. The molecule has 0 bridgehead atoms. The molecule has 7 heteroatoms. The lowest BCUT2D eigenvalue weighted by Gasteiger charge is -2.01. The topological polar surface area (TPSA) is 43.1 Å². The van der Waals surface area contributed by atoms with Crippen LogP contribution in [0.15, 0.2) is 34.8 Å². The molecular weight excluding hydrogens is 339 g/mol. The minimum absolute atomic E-state index is 0.379. The number of fused-ring (bicyclic) bond motifs is 1. The lowest BCUT2D eigenvalue weighted by Crippen LogP contribution is -1.94. The Labute approximate surface area is 121 Å². The summed E-state index contributed by atoms with van der Waals surface area (Å²) in [6, 6.07) is 8.92. The van der Waals surface area contributed by atoms with Gasteiger partial charge in [0, 0.05) is 15.1 Å². The molecule has 0 N–H and O–H groups in total. The molecule has 0 aliphatic rings. The Bertz CT molecular complexity index is 721. The average Bonchev–Trinajstić information content (AvgIpc) is 2.70. The summed E-state index contributed by atoms with van der Waals surface area (Å²) in [4.78, 5) is 0. The van der Waals surface area contributed by atoms with Gasteiger partial charge < -0.3 is 0 Å². The van der Waals surface area contributed by atoms with Crippen LogP contribution in [0.1, 0.15) is 0 Å². The van der Waals surface area contributed by atoms with E-state index in [1.165, 1.54) is 0 Å². The van der Waals surface area contributed by atoms with Crippen LogP contribution in [-0.4, -0.2) is 19.8 Å². The molecule has 1 aromatic carbocycles. The van der Waals surface area contributed by atoms with E-state index < -0.39 is 0 Å². The molecule has 0 aliphatic carbocycles. The van der Waals surface area contributed by atoms with E-state index in [4.69, 9.17) is 23.2 Å². The standard InChI is InChI=1S/C11H5BrCl2N4/c12-7-3-6(4-8(13)5-7)11-16-15-10-2-1-9(14)17-18(10)11/h1-5H. The Morgan fingerprint density at radius 1 is 1.06 bits per heavy atom. The molecule has 4 nitrogen and oxygen atoms in total. The minimum atomic E-state index is 0.379. The second kappa shape index (κ2) is 4.50. The van der Waals surface area contributed by atoms with Crippen molar-refractivity contribution in [3.63, 3.8) is 0 Å². The molecule has 0 saturated heterocycles. The van der Waals surface area contributed by atoms with E-state index in [-0.39, 0.29) is 0 Å². The van der Waals surface area contributed by atoms with Gasteiger partial charge in [0.25, 0.3) is 0 Å². The molecule has 0 unspecified atom stereocenters. The molecule has 0 saturated carbocycles. The van der Waals surface area contributed by atoms with Crippen LogP contribution in [0.4, 0.5) is 0 Å². The monoisotopic (exact) mass is 342 g/mol. The normalized spacial score (nSPS) is 11.1. The third-order valence-electron chi connectivity index (χ3n) is 2.35. The van der Waals surface area contributed by atoms with E-state index in [2.05, 4.69) is 31.2 Å². The minimum Gasteiger partial charge on any atom is -0.191 e. The van der Waals surface area contributed by atoms with E-state index in [9.17, 15) is 0 Å². The van der Waals surface area contributed by atoms with Crippen LogP contribution < -0.4 is 0 Å². The Morgan fingerprint density at radius 2 is 1.89 bits per heavy atom. The van der Waals surface area contributed by atoms with Gasteiger partial charge in [0.05, 0.1) is 0 Å². The maximum Gasteiger partial charge on any atom is 0.185 e. The van der Waals surface area contributed by atoms with Crippen LogP contribution in [0.5, 0.6) is 0 Å². The Morgan fingerprint density at radius 3 is 2.67 bits per heavy atom. The van der Waals surface area contributed by atoms with Crippen molar-refractivity contribution in [2.75, 3.05) is 0 Å². The van der Waals surface area contributed by atoms with Gasteiger partial charge >= 0.3 is 0 Å². The number of rotatable bonds is 1. The second-order valence-corrected chi connectivity index (χ2v) is 5.35. The fourth-order valence-corrected chi connectivity index (χ4v) is 2.63. The molecule has 0 fully saturated rings. The molecule has 90 valence electrons. The Kier molecular flexibility index (Phi) is 2.97. The lowest BCUT2D eigenvalue weighted by atomic mass is 10.2. The zero-order valence-corrected chi connectivity index (χ0v) is 11.9. The molecule has 18 heavy (non-hydrogen) atoms. The first-order chi connectivity index (χ1) is 8.63. The zero-order chi connectivity index (χ0) is 12.7. The van der Waals surface area contributed by atoms with Crippen molar-refractivity contribution >= 4 is 44.8 Å². The van der Waals surface area contributed by atoms with Gasteiger partial charge in [0.1, 0.15) is 5.15 Å². The Balaban J connectivity index is 2.27. The Hall–Kier alpha value is -1.17. The summed E-state index contributed by atoms with van der Waals surface area (Å²) in [6.45, 7) is 0. The van der Waals surface area contributed by atoms with Crippen LogP contribution in [0.25, 0.3) is 17.0 Å². The van der Waals surface area contributed by atoms with Crippen LogP contribution in [-0.2, 0) is 0 Å². The van der Waals surface area contributed by atoms with E-state index in [0.717, 1.165) is 10.0 Å². The maximum atomic E-state index is 6.02. The quantitative estimate of drug-likeness (QED) is 0.673. The molecule has 3 rings (SSSR count). The molecule has 0 atom stereocenters. The number of hydrogen-bond donors (Lipinski definition) is 0. The third kappa shape index (κ3) is 2.09. The highest BCUT2D eigenvalue weighted by Gasteiger charge is 2.10. The summed E-state index contributed by atoms with van der Waals surface area (Å²) in [7, 11) is 0. The first-order valence-corrected chi connectivity index (χ1v) is 6.53. The van der Waals surface area contributed by atoms with Crippen molar-refractivity contribution in [2.45, 2.75) is 0 Å². The smallest absolute Gasteiger partial charge is 0.185 e. The number of benzene rings is 1. The second-order valence-electron chi connectivity index (χ2n) is 3.61. The maximum absolute atomic E-state index is 6.02. The predicted octanol–water partition coefficient (Wildman–Crippen LogP) is 3.86. The van der Waals surface area contributed by atoms with Crippen molar-refractivity contribution in [1.29, 1.82) is 0 Å². The largest absolute Gasteiger partial charge is 0.191 e. The van der Waals surface area contributed by atoms with Gasteiger partial charge in [-0.15, -0.1) is 10.2 Å². The molecule has 0 radical (unpaired) electrons. The van der Waals surface area contributed by atoms with E-state index >= 15 is 0 Å². The zero-order valence-electron chi connectivity index (χ0n) is 8.81. The van der Waals surface area contributed by atoms with Gasteiger partial charge in [-0.2, -0.15) is 9.61 Å². The molecule has 2 aromatic heterocycles. The third-order valence-corrected chi connectivity index (χ3v) is 3.23. The molecule has 0 aliphatic heterocycles. The molecular formula is C11H5BrCl2N4. The molecule has 0 spiro atoms. The van der Waals surface area contributed by atoms with Crippen molar-refractivity contribution < 1.29 is 0 Å². The van der Waals surface area contributed by atoms with Gasteiger partial charge in [0.2, 0.25) is 0 Å². The number of hydrogen-bond acceptors (Lipinski definition) is 3. The molecule has 0 amide bonds. The molecule has 2 heterocycles. The van der Waals surface area contributed by atoms with Gasteiger partial charge in [0.15, 0.2) is 11.5 Å². The fourth-order valence-electron chi connectivity index (χ4n) is 1.63. The van der Waals surface area contributed by atoms with Gasteiger partial charge in [-0.1, -0.05) is 39.1 Å². The molecule has 3 aromatic rings. The van der Waals surface area contributed by atoms with Crippen LogP contribution in [0.2, 0.25) is 10.2 Å². The average molecular weight is 344 g/mol. The van der Waals surface area contributed by atoms with Crippen LogP contribution in [0.3, 0.4) is 0 Å². The number of nitrogens with zero attached hydrogens (tertiary/aromatic N) is 4. The summed E-state index contributed by atoms with van der Waals surface area (Å²) < 4.78 is 2.45. The predicted molar refractivity (Wildman–Crippen MR) is 73.9 cm³/mol. The van der Waals surface area contributed by atoms with Gasteiger partial charge in [-0.3, -0.25) is 0 Å². The van der Waals surface area contributed by atoms with Gasteiger partial charge in [-0.05, 0) is 30.3 Å². The van der Waals surface area contributed by atoms with Gasteiger partial charge in [-0.25, -0.2) is 0 Å². The van der Waals surface area contributed by atoms with Crippen molar-refractivity contribution in [3.8, 4) is 11.4 Å². The van der Waals surface area contributed by atoms with E-state index in [1.54, 1.807) is 28.8 Å². The summed E-state index contributed by atoms with van der Waals surface area (Å²) in [5, 5.41) is 13.3. The van der Waals surface area contributed by atoms with Crippen molar-refractivity contribution in [3.05, 3.63) is 45.0 Å². The summed E-state index contributed by atoms with van der Waals surface area (Å²) in [5.41, 5.74) is 1.45. The van der Waals surface area contributed by atoms with Crippen molar-refractivity contribution in [1.82, 2.24) is 19.8 Å². The number of aromatic nitrogens is 4. The lowest BCUT2D eigenvalue weighted by molar-refractivity contribution is 0.936. The highest BCUT2D eigenvalue weighted by Crippen LogP contribution is 2.26. The first-order valence-electron chi connectivity index (χ1n) is 4.98. The summed E-state index contributed by atoms with van der Waals surface area (Å²) >= 11 is 15.3. The fraction of sp³-hybridized carbons (Fsp3) is 0. The summed E-state index contributed by atoms with van der Waals surface area (Å²) in [6.07, 6.45) is 0. The summed E-state index contributed by atoms with van der Waals surface area (Å²) in [5.74, 6) is 0.593. The number of halogens is 3. The first kappa shape index (κ1) is 11.9.